The number of halogens is 1. The van der Waals surface area contributed by atoms with Crippen molar-refractivity contribution in [3.8, 4) is 6.07 Å². The summed E-state index contributed by atoms with van der Waals surface area (Å²) in [6.07, 6.45) is 0. The van der Waals surface area contributed by atoms with E-state index < -0.39 is 27.7 Å². The summed E-state index contributed by atoms with van der Waals surface area (Å²) in [5.41, 5.74) is -1.66. The quantitative estimate of drug-likeness (QED) is 0.612. The average molecular weight is 227 g/mol. The van der Waals surface area contributed by atoms with Crippen molar-refractivity contribution in [2.24, 2.45) is 0 Å². The Morgan fingerprint density at radius 1 is 1.60 bits per heavy atom. The third-order valence-corrected chi connectivity index (χ3v) is 1.97. The molecule has 0 aliphatic rings. The van der Waals surface area contributed by atoms with Crippen LogP contribution >= 0.6 is 11.6 Å². The fourth-order valence-corrected chi connectivity index (χ4v) is 1.28. The summed E-state index contributed by atoms with van der Waals surface area (Å²) < 4.78 is 0. The molecule has 0 aromatic heterocycles. The Morgan fingerprint density at radius 3 is 2.60 bits per heavy atom. The van der Waals surface area contributed by atoms with Gasteiger partial charge in [-0.2, -0.15) is 5.26 Å². The largest absolute Gasteiger partial charge is 0.478 e. The molecule has 15 heavy (non-hydrogen) atoms. The molecule has 0 aliphatic heterocycles. The Bertz CT molecular complexity index is 492. The summed E-state index contributed by atoms with van der Waals surface area (Å²) in [6, 6.07) is 3.53. The number of nitro benzene ring substituents is 1. The van der Waals surface area contributed by atoms with Gasteiger partial charge in [-0.1, -0.05) is 11.6 Å². The van der Waals surface area contributed by atoms with Crippen LogP contribution in [0, 0.1) is 21.4 Å². The molecule has 1 aromatic carbocycles. The highest BCUT2D eigenvalue weighted by Crippen LogP contribution is 2.27. The lowest BCUT2D eigenvalue weighted by Crippen LogP contribution is -2.04. The van der Waals surface area contributed by atoms with Crippen molar-refractivity contribution in [3.05, 3.63) is 38.4 Å². The Morgan fingerprint density at radius 2 is 2.20 bits per heavy atom. The molecule has 1 N–H and O–H groups in total. The van der Waals surface area contributed by atoms with E-state index in [1.807, 2.05) is 0 Å². The smallest absolute Gasteiger partial charge is 0.338 e. The van der Waals surface area contributed by atoms with E-state index in [-0.39, 0.29) is 5.02 Å². The van der Waals surface area contributed by atoms with E-state index in [2.05, 4.69) is 0 Å². The lowest BCUT2D eigenvalue weighted by Gasteiger charge is -2.01. The van der Waals surface area contributed by atoms with E-state index in [1.54, 1.807) is 0 Å². The maximum absolute atomic E-state index is 10.7. The van der Waals surface area contributed by atoms with Gasteiger partial charge in [0.25, 0.3) is 5.69 Å². The van der Waals surface area contributed by atoms with Gasteiger partial charge in [0.15, 0.2) is 0 Å². The second-order valence-corrected chi connectivity index (χ2v) is 2.90. The molecule has 0 bridgehead atoms. The molecule has 76 valence electrons. The number of hydrogen-bond donors (Lipinski definition) is 1. The zero-order valence-electron chi connectivity index (χ0n) is 7.10. The number of carbonyl (C=O) groups is 1. The normalized spacial score (nSPS) is 9.33. The number of benzene rings is 1. The minimum Gasteiger partial charge on any atom is -0.478 e. The predicted molar refractivity (Wildman–Crippen MR) is 49.8 cm³/mol. The molecule has 0 saturated heterocycles. The van der Waals surface area contributed by atoms with Gasteiger partial charge < -0.3 is 5.11 Å². The van der Waals surface area contributed by atoms with Gasteiger partial charge in [0.05, 0.1) is 9.95 Å². The van der Waals surface area contributed by atoms with Crippen molar-refractivity contribution in [1.29, 1.82) is 5.26 Å². The minimum absolute atomic E-state index is 0.204. The Labute approximate surface area is 88.5 Å². The molecule has 0 aliphatic carbocycles. The van der Waals surface area contributed by atoms with Gasteiger partial charge in [0, 0.05) is 6.07 Å². The van der Waals surface area contributed by atoms with Crippen LogP contribution in [0.2, 0.25) is 5.02 Å². The van der Waals surface area contributed by atoms with Gasteiger partial charge in [-0.3, -0.25) is 10.1 Å². The van der Waals surface area contributed by atoms with E-state index in [4.69, 9.17) is 22.0 Å². The summed E-state index contributed by atoms with van der Waals surface area (Å²) in [5, 5.41) is 27.7. The highest BCUT2D eigenvalue weighted by molar-refractivity contribution is 6.34. The van der Waals surface area contributed by atoms with Gasteiger partial charge >= 0.3 is 5.97 Å². The van der Waals surface area contributed by atoms with E-state index in [0.717, 1.165) is 12.1 Å². The van der Waals surface area contributed by atoms with E-state index in [1.165, 1.54) is 6.07 Å². The molecule has 0 atom stereocenters. The lowest BCUT2D eigenvalue weighted by molar-refractivity contribution is -0.385. The van der Waals surface area contributed by atoms with Crippen molar-refractivity contribution in [1.82, 2.24) is 0 Å². The van der Waals surface area contributed by atoms with Gasteiger partial charge in [-0.05, 0) is 6.07 Å². The highest BCUT2D eigenvalue weighted by Gasteiger charge is 2.24. The van der Waals surface area contributed by atoms with Crippen LogP contribution in [0.3, 0.4) is 0 Å². The molecule has 0 radical (unpaired) electrons. The van der Waals surface area contributed by atoms with Crippen LogP contribution in [0.5, 0.6) is 0 Å². The maximum Gasteiger partial charge on any atom is 0.338 e. The number of aromatic carboxylic acids is 1. The van der Waals surface area contributed by atoms with Crippen LogP contribution < -0.4 is 0 Å². The number of nitro groups is 1. The summed E-state index contributed by atoms with van der Waals surface area (Å²) in [5.74, 6) is -1.47. The number of rotatable bonds is 2. The fourth-order valence-electron chi connectivity index (χ4n) is 1.04. The second-order valence-electron chi connectivity index (χ2n) is 2.49. The van der Waals surface area contributed by atoms with Crippen molar-refractivity contribution in [2.75, 3.05) is 0 Å². The summed E-state index contributed by atoms with van der Waals surface area (Å²) in [4.78, 5) is 20.4. The zero-order valence-corrected chi connectivity index (χ0v) is 7.85. The summed E-state index contributed by atoms with van der Waals surface area (Å²) in [6.45, 7) is 0. The van der Waals surface area contributed by atoms with E-state index in [9.17, 15) is 14.9 Å². The third kappa shape index (κ3) is 1.87. The molecule has 0 fully saturated rings. The molecular formula is C8H3ClN2O4. The lowest BCUT2D eigenvalue weighted by atomic mass is 10.1. The first-order valence-electron chi connectivity index (χ1n) is 3.59. The molecule has 0 amide bonds. The molecule has 0 saturated carbocycles. The van der Waals surface area contributed by atoms with Crippen molar-refractivity contribution in [2.45, 2.75) is 0 Å². The zero-order chi connectivity index (χ0) is 11.6. The van der Waals surface area contributed by atoms with E-state index >= 15 is 0 Å². The molecule has 1 aromatic rings. The van der Waals surface area contributed by atoms with Gasteiger partial charge in [-0.15, -0.1) is 0 Å². The summed E-state index contributed by atoms with van der Waals surface area (Å²) in [7, 11) is 0. The molecule has 0 heterocycles. The molecular weight excluding hydrogens is 224 g/mol. The molecule has 1 rings (SSSR count). The van der Waals surface area contributed by atoms with Crippen LogP contribution in [-0.2, 0) is 0 Å². The van der Waals surface area contributed by atoms with E-state index in [0.29, 0.717) is 0 Å². The van der Waals surface area contributed by atoms with Crippen LogP contribution in [0.25, 0.3) is 0 Å². The third-order valence-electron chi connectivity index (χ3n) is 1.65. The predicted octanol–water partition coefficient (Wildman–Crippen LogP) is 1.82. The molecule has 0 spiro atoms. The highest BCUT2D eigenvalue weighted by atomic mass is 35.5. The number of hydrogen-bond acceptors (Lipinski definition) is 4. The number of carboxylic acids is 1. The Hall–Kier alpha value is -2.13. The first-order chi connectivity index (χ1) is 6.99. The van der Waals surface area contributed by atoms with Crippen LogP contribution in [0.4, 0.5) is 5.69 Å². The minimum atomic E-state index is -1.47. The first-order valence-corrected chi connectivity index (χ1v) is 3.97. The Kier molecular flexibility index (Phi) is 2.87. The SMILES string of the molecule is N#Cc1c([N+](=O)[O-])ccc(Cl)c1C(=O)O. The van der Waals surface area contributed by atoms with Gasteiger partial charge in [0.1, 0.15) is 17.2 Å². The standard InChI is InChI=1S/C8H3ClN2O4/c9-5-1-2-6(11(14)15)4(3-10)7(5)8(12)13/h1-2H,(H,12,13). The summed E-state index contributed by atoms with van der Waals surface area (Å²) >= 11 is 5.53. The topological polar surface area (TPSA) is 104 Å². The Balaban J connectivity index is 3.64. The first kappa shape index (κ1) is 10.9. The monoisotopic (exact) mass is 226 g/mol. The number of nitrogens with zero attached hydrogens (tertiary/aromatic N) is 2. The number of nitriles is 1. The van der Waals surface area contributed by atoms with Crippen molar-refractivity contribution < 1.29 is 14.8 Å². The fraction of sp³-hybridized carbons (Fsp3) is 0. The van der Waals surface area contributed by atoms with Gasteiger partial charge in [-0.25, -0.2) is 4.79 Å². The maximum atomic E-state index is 10.7. The molecule has 6 nitrogen and oxygen atoms in total. The van der Waals surface area contributed by atoms with Crippen LogP contribution in [0.1, 0.15) is 15.9 Å². The molecule has 0 unspecified atom stereocenters. The second kappa shape index (κ2) is 3.94. The molecule has 7 heteroatoms. The number of carboxylic acid groups (broad SMARTS) is 1. The average Bonchev–Trinajstić information content (AvgIpc) is 2.15. The van der Waals surface area contributed by atoms with Crippen LogP contribution in [-0.4, -0.2) is 16.0 Å². The van der Waals surface area contributed by atoms with Crippen LogP contribution in [0.15, 0.2) is 12.1 Å². The van der Waals surface area contributed by atoms with Crippen molar-refractivity contribution in [3.63, 3.8) is 0 Å². The van der Waals surface area contributed by atoms with Crippen molar-refractivity contribution >= 4 is 23.3 Å². The van der Waals surface area contributed by atoms with Gasteiger partial charge in [0.2, 0.25) is 0 Å².